The number of fused-ring (bicyclic) bond motifs is 3. The zero-order chi connectivity index (χ0) is 18.4. The van der Waals surface area contributed by atoms with E-state index in [1.54, 1.807) is 4.57 Å². The number of hydrogen-bond donors (Lipinski definition) is 1. The second-order valence-corrected chi connectivity index (χ2v) is 6.73. The summed E-state index contributed by atoms with van der Waals surface area (Å²) < 4.78 is 1.69. The number of nitrogens with zero attached hydrogens (tertiary/aromatic N) is 1. The number of aromatic nitrogens is 1. The van der Waals surface area contributed by atoms with E-state index >= 15 is 0 Å². The fourth-order valence-electron chi connectivity index (χ4n) is 3.92. The summed E-state index contributed by atoms with van der Waals surface area (Å²) in [6, 6.07) is 27.3. The molecule has 3 nitrogen and oxygen atoms in total. The average molecular weight is 351 g/mol. The molecule has 1 aliphatic heterocycles. The van der Waals surface area contributed by atoms with E-state index in [1.165, 1.54) is 0 Å². The van der Waals surface area contributed by atoms with E-state index in [-0.39, 0.29) is 11.7 Å². The quantitative estimate of drug-likeness (QED) is 0.490. The highest BCUT2D eigenvalue weighted by atomic mass is 16.3. The molecule has 0 unspecified atom stereocenters. The van der Waals surface area contributed by atoms with Crippen LogP contribution < -0.4 is 0 Å². The summed E-state index contributed by atoms with van der Waals surface area (Å²) in [6.45, 7) is 0. The van der Waals surface area contributed by atoms with Crippen LogP contribution in [0.3, 0.4) is 0 Å². The third kappa shape index (κ3) is 2.32. The Hall–Kier alpha value is -3.59. The molecule has 0 amide bonds. The maximum Gasteiger partial charge on any atom is 0.263 e. The monoisotopic (exact) mass is 351 g/mol. The van der Waals surface area contributed by atoms with E-state index in [2.05, 4.69) is 0 Å². The van der Waals surface area contributed by atoms with Crippen LogP contribution in [-0.4, -0.2) is 15.6 Å². The molecule has 3 heteroatoms. The fraction of sp³-hybridized carbons (Fsp3) is 0.0417. The second-order valence-electron chi connectivity index (χ2n) is 6.73. The molecule has 5 rings (SSSR count). The molecule has 130 valence electrons. The first-order valence-corrected chi connectivity index (χ1v) is 8.95. The minimum Gasteiger partial charge on any atom is -0.505 e. The Morgan fingerprint density at radius 1 is 0.741 bits per heavy atom. The van der Waals surface area contributed by atoms with Crippen molar-refractivity contribution in [3.8, 4) is 28.1 Å². The normalized spacial score (nSPS) is 12.1. The van der Waals surface area contributed by atoms with Gasteiger partial charge in [0.05, 0.1) is 17.0 Å². The number of hydrogen-bond acceptors (Lipinski definition) is 2. The number of rotatable bonds is 3. The lowest BCUT2D eigenvalue weighted by molar-refractivity contribution is 0.0966. The van der Waals surface area contributed by atoms with Gasteiger partial charge in [-0.15, -0.1) is 0 Å². The molecular weight excluding hydrogens is 334 g/mol. The molecule has 4 aromatic rings. The Morgan fingerprint density at radius 3 is 2.04 bits per heavy atom. The van der Waals surface area contributed by atoms with Crippen molar-refractivity contribution in [2.75, 3.05) is 0 Å². The Labute approximate surface area is 157 Å². The molecule has 2 heterocycles. The van der Waals surface area contributed by atoms with Crippen LogP contribution >= 0.6 is 0 Å². The van der Waals surface area contributed by atoms with Gasteiger partial charge in [-0.3, -0.25) is 9.36 Å². The van der Waals surface area contributed by atoms with Crippen molar-refractivity contribution in [3.05, 3.63) is 102 Å². The summed E-state index contributed by atoms with van der Waals surface area (Å²) in [5, 5.41) is 11.1. The van der Waals surface area contributed by atoms with Crippen LogP contribution in [0.1, 0.15) is 21.6 Å². The molecule has 0 atom stereocenters. The van der Waals surface area contributed by atoms with E-state index in [4.69, 9.17) is 0 Å². The molecule has 27 heavy (non-hydrogen) atoms. The third-order valence-corrected chi connectivity index (χ3v) is 5.13. The van der Waals surface area contributed by atoms with Crippen molar-refractivity contribution >= 4 is 5.91 Å². The van der Waals surface area contributed by atoms with E-state index in [0.29, 0.717) is 17.7 Å². The lowest BCUT2D eigenvalue weighted by Crippen LogP contribution is -2.10. The second kappa shape index (κ2) is 5.99. The van der Waals surface area contributed by atoms with Gasteiger partial charge in [-0.1, -0.05) is 78.9 Å². The molecule has 0 bridgehead atoms. The summed E-state index contributed by atoms with van der Waals surface area (Å²) in [7, 11) is 0. The van der Waals surface area contributed by atoms with Crippen molar-refractivity contribution in [1.82, 2.24) is 4.57 Å². The molecule has 1 N–H and O–H groups in total. The largest absolute Gasteiger partial charge is 0.505 e. The van der Waals surface area contributed by atoms with Crippen LogP contribution in [0.15, 0.2) is 84.9 Å². The molecule has 0 fully saturated rings. The van der Waals surface area contributed by atoms with Crippen LogP contribution in [0, 0.1) is 0 Å². The van der Waals surface area contributed by atoms with Crippen LogP contribution in [0.2, 0.25) is 0 Å². The van der Waals surface area contributed by atoms with E-state index in [1.807, 2.05) is 84.9 Å². The molecule has 0 saturated heterocycles. The third-order valence-electron chi connectivity index (χ3n) is 5.13. The van der Waals surface area contributed by atoms with Crippen LogP contribution in [0.5, 0.6) is 5.75 Å². The van der Waals surface area contributed by atoms with Gasteiger partial charge in [-0.05, 0) is 17.2 Å². The zero-order valence-electron chi connectivity index (χ0n) is 14.6. The molecule has 0 aliphatic carbocycles. The standard InChI is InChI=1S/C24H17NO2/c26-23-20(15-16-9-3-1-4-10-16)25-22(21(23)17-11-5-2-6-12-17)18-13-7-8-14-19(18)24(25)27/h1-14,26H,15H2. The van der Waals surface area contributed by atoms with E-state index < -0.39 is 0 Å². The first kappa shape index (κ1) is 15.6. The summed E-state index contributed by atoms with van der Waals surface area (Å²) in [5.41, 5.74) is 5.65. The van der Waals surface area contributed by atoms with Gasteiger partial charge in [0.2, 0.25) is 0 Å². The first-order chi connectivity index (χ1) is 13.3. The predicted octanol–water partition coefficient (Wildman–Crippen LogP) is 5.12. The summed E-state index contributed by atoms with van der Waals surface area (Å²) >= 11 is 0. The van der Waals surface area contributed by atoms with Crippen molar-refractivity contribution < 1.29 is 9.90 Å². The number of benzene rings is 3. The summed E-state index contributed by atoms with van der Waals surface area (Å²) in [5.74, 6) is 0.104. The Kier molecular flexibility index (Phi) is 3.47. The minimum absolute atomic E-state index is 0.0796. The van der Waals surface area contributed by atoms with Crippen LogP contribution in [0.4, 0.5) is 0 Å². The van der Waals surface area contributed by atoms with Gasteiger partial charge in [-0.25, -0.2) is 0 Å². The predicted molar refractivity (Wildman–Crippen MR) is 106 cm³/mol. The lowest BCUT2D eigenvalue weighted by Gasteiger charge is -2.06. The van der Waals surface area contributed by atoms with Crippen molar-refractivity contribution in [1.29, 1.82) is 0 Å². The van der Waals surface area contributed by atoms with Gasteiger partial charge in [0.25, 0.3) is 5.91 Å². The molecule has 0 saturated carbocycles. The van der Waals surface area contributed by atoms with Gasteiger partial charge in [0, 0.05) is 17.5 Å². The Balaban J connectivity index is 1.80. The van der Waals surface area contributed by atoms with Crippen molar-refractivity contribution in [2.45, 2.75) is 6.42 Å². The highest BCUT2D eigenvalue weighted by molar-refractivity contribution is 6.13. The summed E-state index contributed by atoms with van der Waals surface area (Å²) in [6.07, 6.45) is 0.492. The smallest absolute Gasteiger partial charge is 0.263 e. The Bertz CT molecular complexity index is 1160. The van der Waals surface area contributed by atoms with Crippen LogP contribution in [-0.2, 0) is 6.42 Å². The number of aromatic hydroxyl groups is 1. The molecule has 0 radical (unpaired) electrons. The van der Waals surface area contributed by atoms with Gasteiger partial charge in [0.1, 0.15) is 5.75 Å². The Morgan fingerprint density at radius 2 is 1.33 bits per heavy atom. The van der Waals surface area contributed by atoms with Gasteiger partial charge in [0.15, 0.2) is 0 Å². The molecule has 1 aromatic heterocycles. The molecular formula is C24H17NO2. The van der Waals surface area contributed by atoms with Crippen molar-refractivity contribution in [2.24, 2.45) is 0 Å². The topological polar surface area (TPSA) is 42.2 Å². The average Bonchev–Trinajstić information content (AvgIpc) is 3.16. The maximum atomic E-state index is 13.1. The highest BCUT2D eigenvalue weighted by Crippen LogP contribution is 2.48. The number of carbonyl (C=O) groups excluding carboxylic acids is 1. The van der Waals surface area contributed by atoms with Gasteiger partial charge < -0.3 is 5.11 Å². The lowest BCUT2D eigenvalue weighted by atomic mass is 9.98. The minimum atomic E-state index is -0.0796. The number of carbonyl (C=O) groups is 1. The maximum absolute atomic E-state index is 13.1. The van der Waals surface area contributed by atoms with Gasteiger partial charge >= 0.3 is 0 Å². The highest BCUT2D eigenvalue weighted by Gasteiger charge is 2.35. The first-order valence-electron chi connectivity index (χ1n) is 8.95. The molecule has 0 spiro atoms. The molecule has 3 aromatic carbocycles. The zero-order valence-corrected chi connectivity index (χ0v) is 14.6. The van der Waals surface area contributed by atoms with Gasteiger partial charge in [-0.2, -0.15) is 0 Å². The van der Waals surface area contributed by atoms with E-state index in [0.717, 1.165) is 27.9 Å². The SMILES string of the molecule is O=C1c2ccccc2-c2c(-c3ccccc3)c(O)c(Cc3ccccc3)n21. The summed E-state index contributed by atoms with van der Waals surface area (Å²) in [4.78, 5) is 13.1. The fourth-order valence-corrected chi connectivity index (χ4v) is 3.92. The van der Waals surface area contributed by atoms with E-state index in [9.17, 15) is 9.90 Å². The van der Waals surface area contributed by atoms with Crippen molar-refractivity contribution in [3.63, 3.8) is 0 Å². The van der Waals surface area contributed by atoms with Crippen LogP contribution in [0.25, 0.3) is 22.4 Å². The molecule has 1 aliphatic rings.